The third-order valence-electron chi connectivity index (χ3n) is 4.13. The van der Waals surface area contributed by atoms with E-state index in [2.05, 4.69) is 18.7 Å². The maximum atomic E-state index is 11.4. The van der Waals surface area contributed by atoms with Crippen LogP contribution >= 0.6 is 0 Å². The highest BCUT2D eigenvalue weighted by Crippen LogP contribution is 2.37. The summed E-state index contributed by atoms with van der Waals surface area (Å²) in [5.74, 6) is 0.250. The van der Waals surface area contributed by atoms with Crippen molar-refractivity contribution in [3.8, 4) is 0 Å². The van der Waals surface area contributed by atoms with Crippen LogP contribution in [-0.2, 0) is 4.79 Å². The van der Waals surface area contributed by atoms with E-state index in [1.807, 2.05) is 0 Å². The van der Waals surface area contributed by atoms with Crippen molar-refractivity contribution in [2.45, 2.75) is 52.0 Å². The molecule has 1 aliphatic heterocycles. The van der Waals surface area contributed by atoms with Gasteiger partial charge in [-0.25, -0.2) is 0 Å². The molecule has 3 heteroatoms. The Kier molecular flexibility index (Phi) is 3.24. The van der Waals surface area contributed by atoms with Crippen LogP contribution in [0.1, 0.15) is 46.0 Å². The minimum Gasteiger partial charge on any atom is -0.480 e. The molecule has 0 bridgehead atoms. The van der Waals surface area contributed by atoms with E-state index in [9.17, 15) is 9.90 Å². The zero-order valence-corrected chi connectivity index (χ0v) is 10.4. The lowest BCUT2D eigenvalue weighted by molar-refractivity contribution is -0.150. The van der Waals surface area contributed by atoms with E-state index in [1.165, 1.54) is 19.3 Å². The fourth-order valence-electron chi connectivity index (χ4n) is 2.98. The highest BCUT2D eigenvalue weighted by molar-refractivity contribution is 5.74. The standard InChI is InChI=1S/C13H23NO2/c1-13(2)7-3-8-14(11(13)12(15)16)9-6-10-4-5-10/h10-11H,3-9H2,1-2H3,(H,15,16). The topological polar surface area (TPSA) is 40.5 Å². The molecule has 2 fully saturated rings. The molecule has 0 amide bonds. The predicted octanol–water partition coefficient (Wildman–Crippen LogP) is 2.36. The third-order valence-corrected chi connectivity index (χ3v) is 4.13. The lowest BCUT2D eigenvalue weighted by Crippen LogP contribution is -2.54. The lowest BCUT2D eigenvalue weighted by Gasteiger charge is -2.44. The van der Waals surface area contributed by atoms with Gasteiger partial charge in [-0.3, -0.25) is 9.69 Å². The van der Waals surface area contributed by atoms with Gasteiger partial charge in [-0.15, -0.1) is 0 Å². The molecule has 0 aromatic carbocycles. The molecule has 1 unspecified atom stereocenters. The van der Waals surface area contributed by atoms with Crippen molar-refractivity contribution in [2.75, 3.05) is 13.1 Å². The molecule has 0 spiro atoms. The van der Waals surface area contributed by atoms with Crippen molar-refractivity contribution < 1.29 is 9.90 Å². The van der Waals surface area contributed by atoms with Crippen LogP contribution in [0.15, 0.2) is 0 Å². The summed E-state index contributed by atoms with van der Waals surface area (Å²) in [6, 6.07) is -0.278. The number of likely N-dealkylation sites (tertiary alicyclic amines) is 1. The normalized spacial score (nSPS) is 30.2. The Morgan fingerprint density at radius 1 is 1.44 bits per heavy atom. The van der Waals surface area contributed by atoms with Crippen LogP contribution in [0.2, 0.25) is 0 Å². The fourth-order valence-corrected chi connectivity index (χ4v) is 2.98. The monoisotopic (exact) mass is 225 g/mol. The van der Waals surface area contributed by atoms with Gasteiger partial charge in [0.1, 0.15) is 6.04 Å². The number of piperidine rings is 1. The molecule has 1 saturated carbocycles. The number of rotatable bonds is 4. The average Bonchev–Trinajstić information content (AvgIpc) is 2.95. The van der Waals surface area contributed by atoms with E-state index in [4.69, 9.17) is 0 Å². The molecule has 2 aliphatic rings. The number of carbonyl (C=O) groups is 1. The highest BCUT2D eigenvalue weighted by atomic mass is 16.4. The van der Waals surface area contributed by atoms with Gasteiger partial charge in [-0.1, -0.05) is 26.7 Å². The molecule has 0 aromatic heterocycles. The summed E-state index contributed by atoms with van der Waals surface area (Å²) in [6.07, 6.45) is 6.08. The van der Waals surface area contributed by atoms with Gasteiger partial charge in [-0.2, -0.15) is 0 Å². The maximum Gasteiger partial charge on any atom is 0.321 e. The molecular formula is C13H23NO2. The first-order valence-corrected chi connectivity index (χ1v) is 6.47. The second-order valence-corrected chi connectivity index (χ2v) is 6.10. The quantitative estimate of drug-likeness (QED) is 0.798. The van der Waals surface area contributed by atoms with Gasteiger partial charge in [0, 0.05) is 0 Å². The van der Waals surface area contributed by atoms with Crippen LogP contribution in [0.3, 0.4) is 0 Å². The molecule has 2 rings (SSSR count). The average molecular weight is 225 g/mol. The van der Waals surface area contributed by atoms with Gasteiger partial charge in [0.25, 0.3) is 0 Å². The van der Waals surface area contributed by atoms with Crippen LogP contribution in [-0.4, -0.2) is 35.1 Å². The molecule has 92 valence electrons. The Morgan fingerprint density at radius 3 is 2.69 bits per heavy atom. The molecule has 16 heavy (non-hydrogen) atoms. The van der Waals surface area contributed by atoms with Gasteiger partial charge in [0.05, 0.1) is 0 Å². The number of nitrogens with zero attached hydrogens (tertiary/aromatic N) is 1. The second kappa shape index (κ2) is 4.36. The molecular weight excluding hydrogens is 202 g/mol. The molecule has 1 aliphatic carbocycles. The van der Waals surface area contributed by atoms with Gasteiger partial charge >= 0.3 is 5.97 Å². The van der Waals surface area contributed by atoms with Crippen LogP contribution < -0.4 is 0 Å². The Morgan fingerprint density at radius 2 is 2.12 bits per heavy atom. The van der Waals surface area contributed by atoms with Gasteiger partial charge in [0.2, 0.25) is 0 Å². The van der Waals surface area contributed by atoms with Crippen molar-refractivity contribution >= 4 is 5.97 Å². The van der Waals surface area contributed by atoms with Crippen molar-refractivity contribution in [1.82, 2.24) is 4.90 Å². The van der Waals surface area contributed by atoms with E-state index < -0.39 is 5.97 Å². The number of carboxylic acid groups (broad SMARTS) is 1. The Bertz CT molecular complexity index is 271. The van der Waals surface area contributed by atoms with Crippen LogP contribution in [0.4, 0.5) is 0 Å². The predicted molar refractivity (Wildman–Crippen MR) is 63.4 cm³/mol. The lowest BCUT2D eigenvalue weighted by atomic mass is 9.76. The Hall–Kier alpha value is -0.570. The Balaban J connectivity index is 1.98. The Labute approximate surface area is 97.8 Å². The molecule has 1 N–H and O–H groups in total. The van der Waals surface area contributed by atoms with Crippen LogP contribution in [0, 0.1) is 11.3 Å². The van der Waals surface area contributed by atoms with E-state index >= 15 is 0 Å². The number of hydrogen-bond donors (Lipinski definition) is 1. The molecule has 3 nitrogen and oxygen atoms in total. The summed E-state index contributed by atoms with van der Waals surface area (Å²) in [5, 5.41) is 9.38. The van der Waals surface area contributed by atoms with E-state index in [0.29, 0.717) is 0 Å². The van der Waals surface area contributed by atoms with E-state index in [0.717, 1.165) is 31.8 Å². The van der Waals surface area contributed by atoms with Crippen LogP contribution in [0.5, 0.6) is 0 Å². The van der Waals surface area contributed by atoms with Crippen molar-refractivity contribution in [2.24, 2.45) is 11.3 Å². The molecule has 1 heterocycles. The molecule has 0 radical (unpaired) electrons. The largest absolute Gasteiger partial charge is 0.480 e. The summed E-state index contributed by atoms with van der Waals surface area (Å²) in [4.78, 5) is 13.6. The second-order valence-electron chi connectivity index (χ2n) is 6.10. The number of aliphatic carboxylic acids is 1. The molecule has 0 aromatic rings. The zero-order valence-electron chi connectivity index (χ0n) is 10.4. The van der Waals surface area contributed by atoms with E-state index in [1.54, 1.807) is 0 Å². The minimum absolute atomic E-state index is 0.0758. The van der Waals surface area contributed by atoms with Gasteiger partial charge in [0.15, 0.2) is 0 Å². The molecule has 1 atom stereocenters. The van der Waals surface area contributed by atoms with E-state index in [-0.39, 0.29) is 11.5 Å². The maximum absolute atomic E-state index is 11.4. The summed E-state index contributed by atoms with van der Waals surface area (Å²) >= 11 is 0. The number of carboxylic acids is 1. The first-order valence-electron chi connectivity index (χ1n) is 6.47. The van der Waals surface area contributed by atoms with Crippen molar-refractivity contribution in [3.63, 3.8) is 0 Å². The van der Waals surface area contributed by atoms with Crippen LogP contribution in [0.25, 0.3) is 0 Å². The zero-order chi connectivity index (χ0) is 11.8. The SMILES string of the molecule is CC1(C)CCCN(CCC2CC2)C1C(=O)O. The summed E-state index contributed by atoms with van der Waals surface area (Å²) in [5.41, 5.74) is -0.0758. The van der Waals surface area contributed by atoms with Crippen molar-refractivity contribution in [1.29, 1.82) is 0 Å². The summed E-state index contributed by atoms with van der Waals surface area (Å²) in [7, 11) is 0. The highest BCUT2D eigenvalue weighted by Gasteiger charge is 2.42. The third kappa shape index (κ3) is 2.57. The van der Waals surface area contributed by atoms with Crippen molar-refractivity contribution in [3.05, 3.63) is 0 Å². The van der Waals surface area contributed by atoms with Gasteiger partial charge < -0.3 is 5.11 Å². The first-order chi connectivity index (χ1) is 7.50. The first kappa shape index (κ1) is 11.9. The molecule has 1 saturated heterocycles. The minimum atomic E-state index is -0.638. The van der Waals surface area contributed by atoms with Gasteiger partial charge in [-0.05, 0) is 43.7 Å². The number of hydrogen-bond acceptors (Lipinski definition) is 2. The summed E-state index contributed by atoms with van der Waals surface area (Å²) in [6.45, 7) is 6.13. The smallest absolute Gasteiger partial charge is 0.321 e. The fraction of sp³-hybridized carbons (Fsp3) is 0.923. The summed E-state index contributed by atoms with van der Waals surface area (Å²) < 4.78 is 0.